The van der Waals surface area contributed by atoms with Gasteiger partial charge in [0.1, 0.15) is 17.7 Å². The quantitative estimate of drug-likeness (QED) is 0.224. The van der Waals surface area contributed by atoms with Gasteiger partial charge in [0.15, 0.2) is 0 Å². The molecule has 2 N–H and O–H groups in total. The minimum absolute atomic E-state index is 0.146. The summed E-state index contributed by atoms with van der Waals surface area (Å²) in [4.78, 5) is 56.7. The van der Waals surface area contributed by atoms with E-state index in [1.54, 1.807) is 24.0 Å². The topological polar surface area (TPSA) is 125 Å². The number of nitrogens with one attached hydrogen (secondary N) is 1. The van der Waals surface area contributed by atoms with Crippen LogP contribution < -0.4 is 5.32 Å². The molecule has 0 saturated carbocycles. The maximum Gasteiger partial charge on any atom is 0.312 e. The van der Waals surface area contributed by atoms with Crippen molar-refractivity contribution in [2.75, 3.05) is 26.2 Å². The molecule has 3 aliphatic heterocycles. The number of esters is 1. The fourth-order valence-corrected chi connectivity index (χ4v) is 6.31. The number of rotatable bonds is 16. The van der Waals surface area contributed by atoms with Crippen molar-refractivity contribution < 1.29 is 33.8 Å². The fourth-order valence-electron chi connectivity index (χ4n) is 6.31. The van der Waals surface area contributed by atoms with Crippen LogP contribution in [0.25, 0.3) is 0 Å². The van der Waals surface area contributed by atoms with Gasteiger partial charge in [-0.1, -0.05) is 32.4 Å². The number of nitrogens with zero attached hydrogens (tertiary/aromatic N) is 2. The molecule has 1 spiro atoms. The van der Waals surface area contributed by atoms with E-state index in [2.05, 4.69) is 18.5 Å². The standard InChI is InChI=1S/C29H45N3O7/c1-6-10-12-22(34)30-17-19(5)38-28(37)23-21-13-14-29(39-21)24(23)26(35)32(20(9-4)18-33)25(29)27(36)31(15-8-3)16-11-7-2/h6,8,19-21,23-25,33H,1,3,7,9-18H2,2,4-5H3,(H,30,34)/t19-,20+,21+,23-,24-,25+,29-/m1/s1. The molecule has 10 nitrogen and oxygen atoms in total. The van der Waals surface area contributed by atoms with Crippen LogP contribution in [0.2, 0.25) is 0 Å². The highest BCUT2D eigenvalue weighted by molar-refractivity contribution is 5.98. The highest BCUT2D eigenvalue weighted by Crippen LogP contribution is 2.59. The molecule has 3 aliphatic rings. The van der Waals surface area contributed by atoms with Crippen molar-refractivity contribution >= 4 is 23.7 Å². The van der Waals surface area contributed by atoms with Gasteiger partial charge in [0, 0.05) is 19.5 Å². The number of hydrogen-bond acceptors (Lipinski definition) is 7. The van der Waals surface area contributed by atoms with Crippen molar-refractivity contribution in [2.45, 2.75) is 95.6 Å². The molecule has 3 heterocycles. The lowest BCUT2D eigenvalue weighted by atomic mass is 9.70. The van der Waals surface area contributed by atoms with Crippen molar-refractivity contribution in [1.29, 1.82) is 0 Å². The van der Waals surface area contributed by atoms with Crippen LogP contribution in [0.5, 0.6) is 0 Å². The Morgan fingerprint density at radius 2 is 2.05 bits per heavy atom. The van der Waals surface area contributed by atoms with Crippen LogP contribution in [-0.4, -0.2) is 94.7 Å². The molecule has 0 aromatic rings. The molecule has 0 aromatic heterocycles. The monoisotopic (exact) mass is 547 g/mol. The molecular formula is C29H45N3O7. The molecular weight excluding hydrogens is 502 g/mol. The Morgan fingerprint density at radius 1 is 1.31 bits per heavy atom. The number of aliphatic hydroxyl groups is 1. The normalized spacial score (nSPS) is 28.5. The number of aliphatic hydroxyl groups excluding tert-OH is 1. The number of carbonyl (C=O) groups excluding carboxylic acids is 4. The SMILES string of the molecule is C=CCCC(=O)NC[C@@H](C)OC(=O)[C@@H]1[C@@H]2CC[C@]3(O2)[C@H](C(=O)N(CC=C)CCCC)N([C@@H](CC)CO)C(=O)[C@@H]13. The van der Waals surface area contributed by atoms with Gasteiger partial charge in [-0.05, 0) is 39.0 Å². The number of fused-ring (bicyclic) bond motifs is 1. The Morgan fingerprint density at radius 3 is 2.67 bits per heavy atom. The number of allylic oxidation sites excluding steroid dienone is 1. The number of likely N-dealkylation sites (tertiary alicyclic amines) is 1. The number of unbranched alkanes of at least 4 members (excludes halogenated alkanes) is 1. The first-order chi connectivity index (χ1) is 18.7. The van der Waals surface area contributed by atoms with Gasteiger partial charge in [-0.25, -0.2) is 0 Å². The molecule has 3 saturated heterocycles. The average Bonchev–Trinajstić information content (AvgIpc) is 3.56. The molecule has 10 heteroatoms. The zero-order valence-corrected chi connectivity index (χ0v) is 23.6. The van der Waals surface area contributed by atoms with Crippen molar-refractivity contribution in [2.24, 2.45) is 11.8 Å². The molecule has 39 heavy (non-hydrogen) atoms. The second-order valence-corrected chi connectivity index (χ2v) is 10.9. The second-order valence-electron chi connectivity index (χ2n) is 10.9. The van der Waals surface area contributed by atoms with Gasteiger partial charge in [0.05, 0.1) is 37.1 Å². The molecule has 0 aliphatic carbocycles. The lowest BCUT2D eigenvalue weighted by Gasteiger charge is -2.39. The summed E-state index contributed by atoms with van der Waals surface area (Å²) < 4.78 is 12.1. The van der Waals surface area contributed by atoms with E-state index in [4.69, 9.17) is 9.47 Å². The number of ether oxygens (including phenoxy) is 2. The Hall–Kier alpha value is -2.72. The number of amides is 3. The van der Waals surface area contributed by atoms with E-state index in [1.165, 1.54) is 4.90 Å². The summed E-state index contributed by atoms with van der Waals surface area (Å²) in [6.07, 6.45) is 6.19. The van der Waals surface area contributed by atoms with E-state index in [-0.39, 0.29) is 30.9 Å². The van der Waals surface area contributed by atoms with E-state index >= 15 is 0 Å². The van der Waals surface area contributed by atoms with Crippen molar-refractivity contribution in [1.82, 2.24) is 15.1 Å². The molecule has 0 radical (unpaired) electrons. The molecule has 0 aromatic carbocycles. The van der Waals surface area contributed by atoms with Crippen LogP contribution in [0.4, 0.5) is 0 Å². The minimum atomic E-state index is -1.15. The summed E-state index contributed by atoms with van der Waals surface area (Å²) >= 11 is 0. The molecule has 2 bridgehead atoms. The molecule has 3 fully saturated rings. The zero-order chi connectivity index (χ0) is 28.7. The summed E-state index contributed by atoms with van der Waals surface area (Å²) in [5.74, 6) is -3.04. The highest BCUT2D eigenvalue weighted by atomic mass is 16.6. The Balaban J connectivity index is 1.86. The summed E-state index contributed by atoms with van der Waals surface area (Å²) in [6.45, 7) is 13.7. The van der Waals surface area contributed by atoms with Crippen molar-refractivity contribution in [3.05, 3.63) is 25.3 Å². The van der Waals surface area contributed by atoms with Gasteiger partial charge in [0.2, 0.25) is 17.7 Å². The third-order valence-electron chi connectivity index (χ3n) is 8.24. The Bertz CT molecular complexity index is 936. The predicted molar refractivity (Wildman–Crippen MR) is 145 cm³/mol. The van der Waals surface area contributed by atoms with E-state index in [0.29, 0.717) is 45.2 Å². The summed E-state index contributed by atoms with van der Waals surface area (Å²) in [6, 6.07) is -1.51. The van der Waals surface area contributed by atoms with Gasteiger partial charge in [-0.2, -0.15) is 0 Å². The summed E-state index contributed by atoms with van der Waals surface area (Å²) in [5.41, 5.74) is -1.15. The van der Waals surface area contributed by atoms with Crippen LogP contribution in [0.1, 0.15) is 65.7 Å². The lowest BCUT2D eigenvalue weighted by molar-refractivity contribution is -0.160. The Kier molecular flexibility index (Phi) is 10.7. The van der Waals surface area contributed by atoms with Crippen LogP contribution in [0.3, 0.4) is 0 Å². The zero-order valence-electron chi connectivity index (χ0n) is 23.6. The van der Waals surface area contributed by atoms with Gasteiger partial charge in [0.25, 0.3) is 0 Å². The van der Waals surface area contributed by atoms with Crippen molar-refractivity contribution in [3.8, 4) is 0 Å². The molecule has 0 unspecified atom stereocenters. The molecule has 218 valence electrons. The fraction of sp³-hybridized carbons (Fsp3) is 0.724. The van der Waals surface area contributed by atoms with E-state index in [9.17, 15) is 24.3 Å². The largest absolute Gasteiger partial charge is 0.460 e. The minimum Gasteiger partial charge on any atom is -0.460 e. The smallest absolute Gasteiger partial charge is 0.312 e. The summed E-state index contributed by atoms with van der Waals surface area (Å²) in [5, 5.41) is 12.9. The summed E-state index contributed by atoms with van der Waals surface area (Å²) in [7, 11) is 0. The van der Waals surface area contributed by atoms with Crippen LogP contribution in [-0.2, 0) is 28.7 Å². The average molecular weight is 548 g/mol. The number of hydrogen-bond donors (Lipinski definition) is 2. The molecule has 3 amide bonds. The lowest BCUT2D eigenvalue weighted by Crippen LogP contribution is -2.58. The first kappa shape index (κ1) is 30.8. The predicted octanol–water partition coefficient (Wildman–Crippen LogP) is 1.96. The second kappa shape index (κ2) is 13.6. The molecule has 3 rings (SSSR count). The Labute approximate surface area is 231 Å². The third kappa shape index (κ3) is 6.06. The molecule has 7 atom stereocenters. The third-order valence-corrected chi connectivity index (χ3v) is 8.24. The van der Waals surface area contributed by atoms with E-state index in [0.717, 1.165) is 12.8 Å². The van der Waals surface area contributed by atoms with Crippen LogP contribution >= 0.6 is 0 Å². The van der Waals surface area contributed by atoms with E-state index in [1.807, 2.05) is 13.8 Å². The maximum absolute atomic E-state index is 14.1. The van der Waals surface area contributed by atoms with Gasteiger partial charge in [-0.15, -0.1) is 13.2 Å². The van der Waals surface area contributed by atoms with Crippen LogP contribution in [0.15, 0.2) is 25.3 Å². The van der Waals surface area contributed by atoms with Crippen molar-refractivity contribution in [3.63, 3.8) is 0 Å². The highest BCUT2D eigenvalue weighted by Gasteiger charge is 2.75. The first-order valence-corrected chi connectivity index (χ1v) is 14.3. The van der Waals surface area contributed by atoms with Gasteiger partial charge >= 0.3 is 5.97 Å². The van der Waals surface area contributed by atoms with Gasteiger partial charge in [-0.3, -0.25) is 19.2 Å². The van der Waals surface area contributed by atoms with Crippen LogP contribution in [0, 0.1) is 11.8 Å². The first-order valence-electron chi connectivity index (χ1n) is 14.3. The number of carbonyl (C=O) groups is 4. The van der Waals surface area contributed by atoms with Gasteiger partial charge < -0.3 is 29.7 Å². The maximum atomic E-state index is 14.1. The van der Waals surface area contributed by atoms with E-state index < -0.39 is 47.7 Å².